The second-order valence-electron chi connectivity index (χ2n) is 9.25. The highest BCUT2D eigenvalue weighted by atomic mass is 32.2. The van der Waals surface area contributed by atoms with Crippen molar-refractivity contribution in [3.8, 4) is 0 Å². The first-order chi connectivity index (χ1) is 15.2. The van der Waals surface area contributed by atoms with Crippen molar-refractivity contribution in [1.29, 1.82) is 0 Å². The number of fused-ring (bicyclic) bond motifs is 1. The molecule has 6 nitrogen and oxygen atoms in total. The number of amides is 1. The fourth-order valence-electron chi connectivity index (χ4n) is 4.62. The van der Waals surface area contributed by atoms with Gasteiger partial charge in [-0.1, -0.05) is 50.8 Å². The number of carbonyl (C=O) groups excluding carboxylic acids is 1. The molecule has 2 aromatic heterocycles. The third-order valence-electron chi connectivity index (χ3n) is 6.28. The summed E-state index contributed by atoms with van der Waals surface area (Å²) in [4.78, 5) is 36.0. The van der Waals surface area contributed by atoms with E-state index in [1.165, 1.54) is 11.8 Å². The topological polar surface area (TPSA) is 57.9 Å². The average molecular weight is 471 g/mol. The first-order valence-electron chi connectivity index (χ1n) is 11.2. The zero-order chi connectivity index (χ0) is 23.2. The Morgan fingerprint density at radius 2 is 1.94 bits per heavy atom. The van der Waals surface area contributed by atoms with Crippen LogP contribution in [0, 0.1) is 18.8 Å². The van der Waals surface area contributed by atoms with E-state index < -0.39 is 0 Å². The monoisotopic (exact) mass is 470 g/mol. The van der Waals surface area contributed by atoms with Crippen molar-refractivity contribution in [2.45, 2.75) is 53.5 Å². The molecule has 2 aliphatic rings. The fourth-order valence-corrected chi connectivity index (χ4v) is 6.07. The van der Waals surface area contributed by atoms with Crippen molar-refractivity contribution in [2.24, 2.45) is 11.8 Å². The molecule has 0 radical (unpaired) electrons. The van der Waals surface area contributed by atoms with E-state index in [1.807, 2.05) is 32.9 Å². The van der Waals surface area contributed by atoms with E-state index in [-0.39, 0.29) is 17.5 Å². The number of rotatable bonds is 4. The van der Waals surface area contributed by atoms with E-state index in [1.54, 1.807) is 21.6 Å². The SMILES string of the molecule is CC[C@@H](C)N1C(=O)/C(=C/c2c(N3C[C@H](C)C[C@@H](C)C3)nc3ccc(C)cn3c2=O)SC1=S. The predicted molar refractivity (Wildman–Crippen MR) is 136 cm³/mol. The van der Waals surface area contributed by atoms with Crippen LogP contribution in [0.25, 0.3) is 11.7 Å². The molecular weight excluding hydrogens is 440 g/mol. The number of nitrogens with zero attached hydrogens (tertiary/aromatic N) is 4. The number of hydrogen-bond donors (Lipinski definition) is 0. The molecule has 2 fully saturated rings. The van der Waals surface area contributed by atoms with Crippen molar-refractivity contribution in [2.75, 3.05) is 18.0 Å². The molecule has 0 aliphatic carbocycles. The molecule has 0 bridgehead atoms. The van der Waals surface area contributed by atoms with Crippen LogP contribution in [0.5, 0.6) is 0 Å². The molecule has 2 aliphatic heterocycles. The molecule has 170 valence electrons. The standard InChI is InChI=1S/C24H30N4O2S2/c1-6-17(5)28-23(30)19(32-24(28)31)10-18-21(26-11-15(3)9-16(4)12-26)25-20-8-7-14(2)13-27(20)22(18)29/h7-8,10,13,15-17H,6,9,11-12H2,1-5H3/b19-10-/t15-,16-,17-/m1/s1. The molecule has 0 saturated carbocycles. The van der Waals surface area contributed by atoms with Crippen molar-refractivity contribution < 1.29 is 4.79 Å². The molecular formula is C24H30N4O2S2. The molecule has 8 heteroatoms. The number of hydrogen-bond acceptors (Lipinski definition) is 6. The summed E-state index contributed by atoms with van der Waals surface area (Å²) in [5, 5.41) is 0. The molecule has 2 aromatic rings. The maximum Gasteiger partial charge on any atom is 0.267 e. The van der Waals surface area contributed by atoms with E-state index in [2.05, 4.69) is 18.7 Å². The maximum absolute atomic E-state index is 13.6. The van der Waals surface area contributed by atoms with Crippen LogP contribution in [0.15, 0.2) is 28.0 Å². The minimum absolute atomic E-state index is 0.0233. The van der Waals surface area contributed by atoms with Gasteiger partial charge < -0.3 is 4.90 Å². The second-order valence-corrected chi connectivity index (χ2v) is 10.9. The Kier molecular flexibility index (Phi) is 6.45. The van der Waals surface area contributed by atoms with Gasteiger partial charge in [0.25, 0.3) is 11.5 Å². The molecule has 4 heterocycles. The number of thiocarbonyl (C=S) groups is 1. The normalized spacial score (nSPS) is 24.1. The molecule has 4 rings (SSSR count). The summed E-state index contributed by atoms with van der Waals surface area (Å²) < 4.78 is 2.12. The van der Waals surface area contributed by atoms with E-state index in [9.17, 15) is 9.59 Å². The Hall–Kier alpha value is -2.19. The minimum atomic E-state index is -0.159. The van der Waals surface area contributed by atoms with Gasteiger partial charge in [-0.25, -0.2) is 4.98 Å². The number of anilines is 1. The second kappa shape index (κ2) is 8.98. The van der Waals surface area contributed by atoms with Gasteiger partial charge in [0.05, 0.1) is 10.5 Å². The summed E-state index contributed by atoms with van der Waals surface area (Å²) >= 11 is 6.76. The quantitative estimate of drug-likeness (QED) is 0.485. The largest absolute Gasteiger partial charge is 0.355 e. The Balaban J connectivity index is 1.88. The van der Waals surface area contributed by atoms with Gasteiger partial charge >= 0.3 is 0 Å². The Bertz CT molecular complexity index is 1160. The molecule has 1 amide bonds. The predicted octanol–water partition coefficient (Wildman–Crippen LogP) is 4.48. The van der Waals surface area contributed by atoms with Gasteiger partial charge in [0, 0.05) is 25.3 Å². The van der Waals surface area contributed by atoms with Gasteiger partial charge in [-0.3, -0.25) is 18.9 Å². The number of aromatic nitrogens is 2. The molecule has 2 saturated heterocycles. The molecule has 3 atom stereocenters. The molecule has 0 spiro atoms. The van der Waals surface area contributed by atoms with Crippen LogP contribution < -0.4 is 10.5 Å². The summed E-state index contributed by atoms with van der Waals surface area (Å²) in [5.74, 6) is 1.54. The minimum Gasteiger partial charge on any atom is -0.355 e. The highest BCUT2D eigenvalue weighted by molar-refractivity contribution is 8.26. The van der Waals surface area contributed by atoms with E-state index in [0.29, 0.717) is 38.1 Å². The van der Waals surface area contributed by atoms with Gasteiger partial charge in [0.2, 0.25) is 0 Å². The Morgan fingerprint density at radius 1 is 1.25 bits per heavy atom. The van der Waals surface area contributed by atoms with Gasteiger partial charge in [0.1, 0.15) is 15.8 Å². The Labute approximate surface area is 198 Å². The van der Waals surface area contributed by atoms with Crippen molar-refractivity contribution in [3.63, 3.8) is 0 Å². The highest BCUT2D eigenvalue weighted by Gasteiger charge is 2.35. The van der Waals surface area contributed by atoms with Gasteiger partial charge in [-0.15, -0.1) is 0 Å². The van der Waals surface area contributed by atoms with E-state index in [4.69, 9.17) is 17.2 Å². The lowest BCUT2D eigenvalue weighted by molar-refractivity contribution is -0.123. The van der Waals surface area contributed by atoms with Crippen LogP contribution in [-0.4, -0.2) is 43.6 Å². The maximum atomic E-state index is 13.6. The van der Waals surface area contributed by atoms with Crippen LogP contribution in [-0.2, 0) is 4.79 Å². The van der Waals surface area contributed by atoms with Gasteiger partial charge in [-0.2, -0.15) is 0 Å². The molecule has 0 unspecified atom stereocenters. The average Bonchev–Trinajstić information content (AvgIpc) is 3.02. The lowest BCUT2D eigenvalue weighted by Gasteiger charge is -2.36. The highest BCUT2D eigenvalue weighted by Crippen LogP contribution is 2.36. The Morgan fingerprint density at radius 3 is 2.59 bits per heavy atom. The summed E-state index contributed by atoms with van der Waals surface area (Å²) in [6.45, 7) is 12.1. The van der Waals surface area contributed by atoms with Crippen LogP contribution in [0.2, 0.25) is 0 Å². The van der Waals surface area contributed by atoms with Crippen LogP contribution >= 0.6 is 24.0 Å². The van der Waals surface area contributed by atoms with Crippen molar-refractivity contribution in [3.05, 3.63) is 44.7 Å². The molecule has 0 N–H and O–H groups in total. The zero-order valence-corrected chi connectivity index (χ0v) is 20.9. The first kappa shape index (κ1) is 23.0. The summed E-state index contributed by atoms with van der Waals surface area (Å²) in [5.41, 5.74) is 1.89. The number of pyridine rings is 1. The summed E-state index contributed by atoms with van der Waals surface area (Å²) in [6, 6.07) is 3.86. The van der Waals surface area contributed by atoms with Crippen LogP contribution in [0.1, 0.15) is 51.7 Å². The number of carbonyl (C=O) groups is 1. The molecule has 0 aromatic carbocycles. The smallest absolute Gasteiger partial charge is 0.267 e. The summed E-state index contributed by atoms with van der Waals surface area (Å²) in [7, 11) is 0. The van der Waals surface area contributed by atoms with E-state index >= 15 is 0 Å². The lowest BCUT2D eigenvalue weighted by Crippen LogP contribution is -2.40. The number of aryl methyl sites for hydroxylation is 1. The van der Waals surface area contributed by atoms with Crippen molar-refractivity contribution in [1.82, 2.24) is 14.3 Å². The lowest BCUT2D eigenvalue weighted by atomic mass is 9.91. The molecule has 32 heavy (non-hydrogen) atoms. The number of thioether (sulfide) groups is 1. The van der Waals surface area contributed by atoms with Gasteiger partial charge in [-0.05, 0) is 56.2 Å². The number of piperidine rings is 1. The van der Waals surface area contributed by atoms with Crippen LogP contribution in [0.3, 0.4) is 0 Å². The van der Waals surface area contributed by atoms with Crippen molar-refractivity contribution >= 4 is 51.7 Å². The fraction of sp³-hybridized carbons (Fsp3) is 0.500. The third kappa shape index (κ3) is 4.22. The van der Waals surface area contributed by atoms with Crippen LogP contribution in [0.4, 0.5) is 5.82 Å². The van der Waals surface area contributed by atoms with Gasteiger partial charge in [0.15, 0.2) is 0 Å². The zero-order valence-electron chi connectivity index (χ0n) is 19.3. The summed E-state index contributed by atoms with van der Waals surface area (Å²) in [6.07, 6.45) is 5.49. The first-order valence-corrected chi connectivity index (χ1v) is 12.5. The van der Waals surface area contributed by atoms with E-state index in [0.717, 1.165) is 31.5 Å². The third-order valence-corrected chi connectivity index (χ3v) is 7.61.